The van der Waals surface area contributed by atoms with Crippen LogP contribution >= 0.6 is 35.0 Å². The number of hydrogen-bond donors (Lipinski definition) is 1. The van der Waals surface area contributed by atoms with Crippen molar-refractivity contribution in [2.24, 2.45) is 10.2 Å². The Morgan fingerprint density at radius 2 is 1.72 bits per heavy atom. The fourth-order valence-electron chi connectivity index (χ4n) is 2.52. The van der Waals surface area contributed by atoms with Crippen LogP contribution in [0.4, 0.5) is 22.7 Å². The number of nitrogens with zero attached hydrogens (tertiary/aromatic N) is 3. The Morgan fingerprint density at radius 1 is 1.03 bits per heavy atom. The van der Waals surface area contributed by atoms with Gasteiger partial charge in [0.05, 0.1) is 16.5 Å². The largest absolute Gasteiger partial charge is 0.372 e. The molecule has 6 nitrogen and oxygen atoms in total. The van der Waals surface area contributed by atoms with Gasteiger partial charge in [-0.15, -0.1) is 10.2 Å². The van der Waals surface area contributed by atoms with Crippen LogP contribution < -0.4 is 10.2 Å². The summed E-state index contributed by atoms with van der Waals surface area (Å²) in [5.74, 6) is -0.263. The van der Waals surface area contributed by atoms with Crippen LogP contribution in [0.2, 0.25) is 10.0 Å². The molecular formula is C20H22Cl2N4O2S. The number of thioether (sulfide) groups is 1. The first-order chi connectivity index (χ1) is 13.8. The van der Waals surface area contributed by atoms with E-state index in [-0.39, 0.29) is 16.8 Å². The number of azo groups is 1. The van der Waals surface area contributed by atoms with Crippen molar-refractivity contribution in [3.63, 3.8) is 0 Å². The molecule has 2 aromatic carbocycles. The Labute approximate surface area is 184 Å². The average Bonchev–Trinajstić information content (AvgIpc) is 2.69. The number of amides is 1. The van der Waals surface area contributed by atoms with Crippen molar-refractivity contribution in [2.45, 2.75) is 20.8 Å². The molecule has 0 aliphatic heterocycles. The molecule has 0 saturated carbocycles. The minimum atomic E-state index is -0.292. The van der Waals surface area contributed by atoms with Crippen LogP contribution in [0, 0.1) is 0 Å². The quantitative estimate of drug-likeness (QED) is 0.465. The summed E-state index contributed by atoms with van der Waals surface area (Å²) in [5, 5.41) is 12.0. The summed E-state index contributed by atoms with van der Waals surface area (Å²) in [4.78, 5) is 25.5. The number of halogens is 2. The highest BCUT2D eigenvalue weighted by Crippen LogP contribution is 2.34. The van der Waals surface area contributed by atoms with E-state index in [4.69, 9.17) is 23.2 Å². The van der Waals surface area contributed by atoms with Gasteiger partial charge in [-0.05, 0) is 50.2 Å². The number of carbonyl (C=O) groups excluding carboxylic acids is 2. The third-order valence-corrected chi connectivity index (χ3v) is 5.33. The van der Waals surface area contributed by atoms with Crippen molar-refractivity contribution >= 4 is 68.7 Å². The normalized spacial score (nSPS) is 10.9. The highest BCUT2D eigenvalue weighted by atomic mass is 35.5. The van der Waals surface area contributed by atoms with Crippen molar-refractivity contribution in [1.82, 2.24) is 0 Å². The van der Waals surface area contributed by atoms with Crippen LogP contribution in [0.3, 0.4) is 0 Å². The van der Waals surface area contributed by atoms with Crippen molar-refractivity contribution < 1.29 is 9.59 Å². The molecule has 0 aliphatic carbocycles. The molecule has 0 unspecified atom stereocenters. The lowest BCUT2D eigenvalue weighted by molar-refractivity contribution is -0.114. The molecule has 0 atom stereocenters. The van der Waals surface area contributed by atoms with E-state index in [2.05, 4.69) is 34.3 Å². The molecule has 0 saturated heterocycles. The van der Waals surface area contributed by atoms with Crippen LogP contribution in [0.15, 0.2) is 46.6 Å². The van der Waals surface area contributed by atoms with Gasteiger partial charge in [0.25, 0.3) is 0 Å². The summed E-state index contributed by atoms with van der Waals surface area (Å²) in [6, 6.07) is 10.5. The van der Waals surface area contributed by atoms with E-state index >= 15 is 0 Å². The molecule has 2 rings (SSSR count). The zero-order valence-corrected chi connectivity index (χ0v) is 18.7. The van der Waals surface area contributed by atoms with Crippen molar-refractivity contribution in [3.05, 3.63) is 46.4 Å². The molecule has 9 heteroatoms. The van der Waals surface area contributed by atoms with Crippen LogP contribution in [0.1, 0.15) is 20.8 Å². The molecule has 154 valence electrons. The Kier molecular flexibility index (Phi) is 8.95. The lowest BCUT2D eigenvalue weighted by Gasteiger charge is -2.22. The molecule has 0 radical (unpaired) electrons. The molecule has 0 fully saturated rings. The highest BCUT2D eigenvalue weighted by Gasteiger charge is 2.12. The molecule has 1 amide bonds. The van der Waals surface area contributed by atoms with Crippen LogP contribution in [-0.2, 0) is 9.59 Å². The summed E-state index contributed by atoms with van der Waals surface area (Å²) in [6.07, 6.45) is 0. The summed E-state index contributed by atoms with van der Waals surface area (Å²) >= 11 is 13.1. The molecule has 0 heterocycles. The van der Waals surface area contributed by atoms with Crippen molar-refractivity contribution in [3.8, 4) is 0 Å². The minimum Gasteiger partial charge on any atom is -0.372 e. The van der Waals surface area contributed by atoms with E-state index in [1.54, 1.807) is 24.3 Å². The highest BCUT2D eigenvalue weighted by molar-refractivity contribution is 8.14. The van der Waals surface area contributed by atoms with Gasteiger partial charge in [-0.25, -0.2) is 0 Å². The second kappa shape index (κ2) is 11.2. The molecule has 0 bridgehead atoms. The first-order valence-electron chi connectivity index (χ1n) is 9.03. The second-order valence-corrected chi connectivity index (χ2v) is 7.99. The Morgan fingerprint density at radius 3 is 2.38 bits per heavy atom. The van der Waals surface area contributed by atoms with Gasteiger partial charge < -0.3 is 10.2 Å². The maximum absolute atomic E-state index is 12.3. The molecule has 1 N–H and O–H groups in total. The van der Waals surface area contributed by atoms with E-state index < -0.39 is 0 Å². The lowest BCUT2D eigenvalue weighted by Crippen LogP contribution is -2.22. The first kappa shape index (κ1) is 23.2. The van der Waals surface area contributed by atoms with Gasteiger partial charge in [-0.2, -0.15) is 0 Å². The van der Waals surface area contributed by atoms with E-state index in [0.717, 1.165) is 30.5 Å². The summed E-state index contributed by atoms with van der Waals surface area (Å²) in [6.45, 7) is 7.18. The fourth-order valence-corrected chi connectivity index (χ4v) is 3.25. The number of nitrogens with one attached hydrogen (secondary N) is 1. The summed E-state index contributed by atoms with van der Waals surface area (Å²) in [7, 11) is 0. The molecule has 29 heavy (non-hydrogen) atoms. The topological polar surface area (TPSA) is 74.1 Å². The summed E-state index contributed by atoms with van der Waals surface area (Å²) in [5.41, 5.74) is 2.35. The number of anilines is 2. The van der Waals surface area contributed by atoms with Gasteiger partial charge in [0.2, 0.25) is 5.91 Å². The van der Waals surface area contributed by atoms with Crippen LogP contribution in [0.5, 0.6) is 0 Å². The Bertz CT molecular complexity index is 917. The molecule has 0 aliphatic rings. The predicted octanol–water partition coefficient (Wildman–Crippen LogP) is 6.47. The number of hydrogen-bond acceptors (Lipinski definition) is 6. The smallest absolute Gasteiger partial charge is 0.234 e. The van der Waals surface area contributed by atoms with Crippen LogP contribution in [0.25, 0.3) is 0 Å². The van der Waals surface area contributed by atoms with E-state index in [9.17, 15) is 9.59 Å². The maximum Gasteiger partial charge on any atom is 0.234 e. The Balaban J connectivity index is 2.36. The van der Waals surface area contributed by atoms with Gasteiger partial charge in [0, 0.05) is 30.7 Å². The predicted molar refractivity (Wildman–Crippen MR) is 122 cm³/mol. The first-order valence-corrected chi connectivity index (χ1v) is 10.8. The van der Waals surface area contributed by atoms with Crippen molar-refractivity contribution in [1.29, 1.82) is 0 Å². The number of benzene rings is 2. The SMILES string of the molecule is CCN(CC)c1ccc(N=Nc2cc(Cl)ccc2Cl)c(NC(=O)CSC(C)=O)c1. The van der Waals surface area contributed by atoms with Crippen LogP contribution in [-0.4, -0.2) is 29.9 Å². The molecular weight excluding hydrogens is 431 g/mol. The number of rotatable bonds is 8. The standard InChI is InChI=1S/C20H22Cl2N4O2S/c1-4-26(5-2)15-7-9-17(19(11-15)23-20(28)12-29-13(3)27)24-25-18-10-14(21)6-8-16(18)22/h6-11H,4-5,12H2,1-3H3,(H,23,28). The van der Waals surface area contributed by atoms with E-state index in [0.29, 0.717) is 27.1 Å². The van der Waals surface area contributed by atoms with E-state index in [1.165, 1.54) is 6.92 Å². The molecule has 0 spiro atoms. The van der Waals surface area contributed by atoms with Gasteiger partial charge in [-0.1, -0.05) is 35.0 Å². The van der Waals surface area contributed by atoms with Gasteiger partial charge >= 0.3 is 0 Å². The summed E-state index contributed by atoms with van der Waals surface area (Å²) < 4.78 is 0. The third-order valence-electron chi connectivity index (χ3n) is 3.96. The van der Waals surface area contributed by atoms with Gasteiger partial charge in [-0.3, -0.25) is 9.59 Å². The third kappa shape index (κ3) is 7.03. The van der Waals surface area contributed by atoms with Crippen molar-refractivity contribution in [2.75, 3.05) is 29.1 Å². The Hall–Kier alpha value is -2.09. The van der Waals surface area contributed by atoms with Gasteiger partial charge in [0.15, 0.2) is 5.12 Å². The van der Waals surface area contributed by atoms with E-state index in [1.807, 2.05) is 12.1 Å². The zero-order valence-electron chi connectivity index (χ0n) is 16.4. The molecule has 2 aromatic rings. The van der Waals surface area contributed by atoms with Gasteiger partial charge in [0.1, 0.15) is 11.4 Å². The molecule has 0 aromatic heterocycles. The number of carbonyl (C=O) groups is 2. The minimum absolute atomic E-state index is 0.0293. The average molecular weight is 453 g/mol. The lowest BCUT2D eigenvalue weighted by atomic mass is 10.2. The maximum atomic E-state index is 12.3. The fraction of sp³-hybridized carbons (Fsp3) is 0.300. The second-order valence-electron chi connectivity index (χ2n) is 6.00. The zero-order chi connectivity index (χ0) is 21.4. The monoisotopic (exact) mass is 452 g/mol.